The SMILES string of the molecule is [2H]C([2H])([2H])c1c(-c2ccc(C)c(-c3cccc4c3Oc3ccccc3OC4(C)C([2H])([2H])[2H])c2C)ccc(C)c1-c1cccc2c1Oc1ccccc1C2(C)C([2H])([2H])[2H]. The fourth-order valence-corrected chi connectivity index (χ4v) is 7.52. The van der Waals surface area contributed by atoms with Crippen LogP contribution in [0.5, 0.6) is 28.7 Å². The summed E-state index contributed by atoms with van der Waals surface area (Å²) in [6, 6.07) is 32.3. The monoisotopic (exact) mass is 651 g/mol. The quantitative estimate of drug-likeness (QED) is 0.191. The van der Waals surface area contributed by atoms with Crippen molar-refractivity contribution in [3.05, 3.63) is 148 Å². The summed E-state index contributed by atoms with van der Waals surface area (Å²) < 4.78 is 98.6. The van der Waals surface area contributed by atoms with Crippen molar-refractivity contribution >= 4 is 0 Å². The predicted octanol–water partition coefficient (Wildman–Crippen LogP) is 12.8. The van der Waals surface area contributed by atoms with Gasteiger partial charge in [-0.2, -0.15) is 0 Å². The Morgan fingerprint density at radius 2 is 1.04 bits per heavy atom. The topological polar surface area (TPSA) is 27.7 Å². The second-order valence-corrected chi connectivity index (χ2v) is 13.4. The maximum Gasteiger partial charge on any atom is 0.169 e. The molecule has 0 saturated carbocycles. The summed E-state index contributed by atoms with van der Waals surface area (Å²) in [5.74, 6) is 1.71. The molecule has 244 valence electrons. The Hall–Kier alpha value is -5.28. The average Bonchev–Trinajstić information content (AvgIpc) is 3.29. The highest BCUT2D eigenvalue weighted by atomic mass is 16.5. The maximum atomic E-state index is 9.05. The molecule has 2 aliphatic rings. The number of benzene rings is 6. The molecule has 3 nitrogen and oxygen atoms in total. The van der Waals surface area contributed by atoms with Crippen molar-refractivity contribution in [3.63, 3.8) is 0 Å². The maximum absolute atomic E-state index is 9.05. The lowest BCUT2D eigenvalue weighted by Crippen LogP contribution is -2.24. The van der Waals surface area contributed by atoms with E-state index in [9.17, 15) is 0 Å². The van der Waals surface area contributed by atoms with Gasteiger partial charge in [-0.05, 0) is 104 Å². The average molecular weight is 652 g/mol. The lowest BCUT2D eigenvalue weighted by atomic mass is 9.74. The first-order valence-electron chi connectivity index (χ1n) is 20.9. The lowest BCUT2D eigenvalue weighted by Gasteiger charge is -2.35. The third kappa shape index (κ3) is 4.78. The van der Waals surface area contributed by atoms with E-state index in [1.54, 1.807) is 92.7 Å². The molecule has 6 aromatic carbocycles. The Kier molecular flexibility index (Phi) is 5.08. The van der Waals surface area contributed by atoms with E-state index in [1.165, 1.54) is 0 Å². The van der Waals surface area contributed by atoms with Gasteiger partial charge in [-0.1, -0.05) is 105 Å². The van der Waals surface area contributed by atoms with Crippen LogP contribution in [-0.2, 0) is 11.0 Å². The zero-order valence-electron chi connectivity index (χ0n) is 37.1. The van der Waals surface area contributed by atoms with Crippen LogP contribution in [0.1, 0.15) is 78.8 Å². The summed E-state index contributed by atoms with van der Waals surface area (Å²) in [6.07, 6.45) is 0. The van der Waals surface area contributed by atoms with Crippen molar-refractivity contribution in [2.45, 2.75) is 66.2 Å². The van der Waals surface area contributed by atoms with Gasteiger partial charge in [0.15, 0.2) is 11.5 Å². The Labute approximate surface area is 302 Å². The van der Waals surface area contributed by atoms with Gasteiger partial charge in [0.25, 0.3) is 0 Å². The molecule has 2 heterocycles. The Morgan fingerprint density at radius 3 is 1.71 bits per heavy atom. The van der Waals surface area contributed by atoms with E-state index in [0.29, 0.717) is 78.8 Å². The van der Waals surface area contributed by atoms with Gasteiger partial charge >= 0.3 is 0 Å². The Balaban J connectivity index is 1.38. The van der Waals surface area contributed by atoms with Gasteiger partial charge in [0.1, 0.15) is 22.8 Å². The molecule has 0 fully saturated rings. The molecule has 8 rings (SSSR count). The first kappa shape index (κ1) is 22.4. The van der Waals surface area contributed by atoms with Crippen molar-refractivity contribution in [2.24, 2.45) is 0 Å². The van der Waals surface area contributed by atoms with Crippen LogP contribution in [-0.4, -0.2) is 0 Å². The van der Waals surface area contributed by atoms with E-state index in [2.05, 4.69) is 0 Å². The van der Waals surface area contributed by atoms with Gasteiger partial charge in [-0.25, -0.2) is 0 Å². The molecular formula is C46H42O3. The highest BCUT2D eigenvalue weighted by molar-refractivity contribution is 5.89. The van der Waals surface area contributed by atoms with Crippen LogP contribution in [0, 0.1) is 27.6 Å². The fraction of sp³-hybridized carbons (Fsp3) is 0.217. The smallest absolute Gasteiger partial charge is 0.169 e. The minimum absolute atomic E-state index is 0.0947. The van der Waals surface area contributed by atoms with E-state index in [-0.39, 0.29) is 5.56 Å². The number of para-hydroxylation sites is 5. The first-order valence-corrected chi connectivity index (χ1v) is 16.4. The van der Waals surface area contributed by atoms with E-state index in [4.69, 9.17) is 26.5 Å². The van der Waals surface area contributed by atoms with Gasteiger partial charge in [-0.15, -0.1) is 0 Å². The molecule has 0 radical (unpaired) electrons. The van der Waals surface area contributed by atoms with Gasteiger partial charge < -0.3 is 14.2 Å². The highest BCUT2D eigenvalue weighted by Crippen LogP contribution is 2.53. The van der Waals surface area contributed by atoms with Crippen LogP contribution in [0.25, 0.3) is 33.4 Å². The zero-order valence-corrected chi connectivity index (χ0v) is 28.1. The van der Waals surface area contributed by atoms with Crippen LogP contribution in [0.15, 0.2) is 109 Å². The molecule has 0 amide bonds. The van der Waals surface area contributed by atoms with Gasteiger partial charge in [0.2, 0.25) is 0 Å². The minimum atomic E-state index is -2.63. The summed E-state index contributed by atoms with van der Waals surface area (Å²) in [4.78, 5) is 0. The van der Waals surface area contributed by atoms with Crippen LogP contribution >= 0.6 is 0 Å². The molecule has 2 atom stereocenters. The second kappa shape index (κ2) is 11.1. The Morgan fingerprint density at radius 1 is 0.490 bits per heavy atom. The molecule has 49 heavy (non-hydrogen) atoms. The largest absolute Gasteiger partial charge is 0.479 e. The molecule has 2 unspecified atom stereocenters. The van der Waals surface area contributed by atoms with Gasteiger partial charge in [-0.3, -0.25) is 0 Å². The third-order valence-corrected chi connectivity index (χ3v) is 10.0. The number of aryl methyl sites for hydroxylation is 2. The third-order valence-electron chi connectivity index (χ3n) is 10.0. The standard InChI is InChI=1S/C46H42O3/c1-27-23-25-31(29(3)41(27)33-15-13-18-36-43(33)47-38-20-10-9-17-35(38)45(36,5)6)32-26-24-28(2)42(30(32)4)34-16-14-19-37-44(34)48-39-21-11-12-22-40(39)49-46(37,7)8/h9-26H,1-8H3/i3D3,5D3,7D3. The van der Waals surface area contributed by atoms with E-state index >= 15 is 0 Å². The van der Waals surface area contributed by atoms with Crippen molar-refractivity contribution in [3.8, 4) is 62.1 Å². The van der Waals surface area contributed by atoms with Crippen LogP contribution in [0.2, 0.25) is 0 Å². The molecule has 0 saturated heterocycles. The van der Waals surface area contributed by atoms with Crippen LogP contribution < -0.4 is 14.2 Å². The molecule has 0 aromatic heterocycles. The molecule has 0 spiro atoms. The summed E-state index contributed by atoms with van der Waals surface area (Å²) in [5, 5.41) is 0. The fourth-order valence-electron chi connectivity index (χ4n) is 7.52. The number of rotatable bonds is 3. The normalized spacial score (nSPS) is 22.3. The number of hydrogen-bond donors (Lipinski definition) is 0. The number of hydrogen-bond acceptors (Lipinski definition) is 3. The van der Waals surface area contributed by atoms with Crippen molar-refractivity contribution in [1.29, 1.82) is 0 Å². The lowest BCUT2D eigenvalue weighted by molar-refractivity contribution is 0.111. The van der Waals surface area contributed by atoms with Crippen molar-refractivity contribution in [1.82, 2.24) is 0 Å². The Bertz CT molecular complexity index is 2640. The summed E-state index contributed by atoms with van der Waals surface area (Å²) in [5.41, 5.74) is 3.91. The predicted molar refractivity (Wildman–Crippen MR) is 201 cm³/mol. The van der Waals surface area contributed by atoms with Crippen LogP contribution in [0.4, 0.5) is 0 Å². The molecular weight excluding hydrogens is 601 g/mol. The molecule has 0 bridgehead atoms. The van der Waals surface area contributed by atoms with Crippen molar-refractivity contribution < 1.29 is 26.5 Å². The molecule has 2 aliphatic heterocycles. The minimum Gasteiger partial charge on any atom is -0.479 e. The summed E-state index contributed by atoms with van der Waals surface area (Å²) in [7, 11) is 0. The molecule has 3 heteroatoms. The van der Waals surface area contributed by atoms with Gasteiger partial charge in [0.05, 0.1) is 0 Å². The van der Waals surface area contributed by atoms with Crippen molar-refractivity contribution in [2.75, 3.05) is 0 Å². The number of fused-ring (bicyclic) bond motifs is 4. The molecule has 0 N–H and O–H groups in total. The van der Waals surface area contributed by atoms with E-state index in [0.717, 1.165) is 16.7 Å². The van der Waals surface area contributed by atoms with Gasteiger partial charge in [0, 0.05) is 45.6 Å². The second-order valence-electron chi connectivity index (χ2n) is 13.4. The summed E-state index contributed by atoms with van der Waals surface area (Å²) >= 11 is 0. The highest BCUT2D eigenvalue weighted by Gasteiger charge is 2.36. The summed E-state index contributed by atoms with van der Waals surface area (Å²) in [6.45, 7) is 1.29. The van der Waals surface area contributed by atoms with E-state index in [1.807, 2.05) is 51.1 Å². The van der Waals surface area contributed by atoms with E-state index < -0.39 is 31.6 Å². The first-order chi connectivity index (χ1) is 27.2. The van der Waals surface area contributed by atoms with Crippen LogP contribution in [0.3, 0.4) is 0 Å². The number of ether oxygens (including phenoxy) is 3. The zero-order chi connectivity index (χ0) is 41.7. The molecule has 0 aliphatic carbocycles. The molecule has 6 aromatic rings.